The Labute approximate surface area is 208 Å². The summed E-state index contributed by atoms with van der Waals surface area (Å²) in [6.07, 6.45) is 3.23. The number of epoxide rings is 1. The summed E-state index contributed by atoms with van der Waals surface area (Å²) >= 11 is 0. The lowest BCUT2D eigenvalue weighted by molar-refractivity contribution is -0.154. The fraction of sp³-hybridized carbons (Fsp3) is 0.741. The Bertz CT molecular complexity index is 951. The lowest BCUT2D eigenvalue weighted by Crippen LogP contribution is -2.45. The minimum absolute atomic E-state index is 0.0716. The van der Waals surface area contributed by atoms with E-state index in [9.17, 15) is 19.8 Å². The second-order valence-electron chi connectivity index (χ2n) is 11.3. The zero-order chi connectivity index (χ0) is 26.1. The number of aryl methyl sites for hydroxylation is 1. The summed E-state index contributed by atoms with van der Waals surface area (Å²) < 4.78 is 17.1. The third kappa shape index (κ3) is 6.40. The molecule has 196 valence electrons. The van der Waals surface area contributed by atoms with Gasteiger partial charge in [-0.2, -0.15) is 0 Å². The van der Waals surface area contributed by atoms with Crippen molar-refractivity contribution in [1.82, 2.24) is 4.98 Å². The molecule has 0 saturated carbocycles. The van der Waals surface area contributed by atoms with Gasteiger partial charge in [-0.1, -0.05) is 34.1 Å². The van der Waals surface area contributed by atoms with Gasteiger partial charge in [0, 0.05) is 19.3 Å². The molecule has 2 N–H and O–H groups in total. The number of cyclic esters (lactones) is 1. The van der Waals surface area contributed by atoms with Gasteiger partial charge in [0.05, 0.1) is 35.7 Å². The zero-order valence-corrected chi connectivity index (χ0v) is 22.0. The number of aliphatic hydroxyl groups excluding tert-OH is 2. The SMILES string of the molecule is C/C(=C\c1coc(C)n1)[C@@H]1C[C@@H]2O[C@]2(C)CCCC(C)[C@H](O)C(C)C(=O)C(C)(C)[C@@H](O)CC(=O)O1. The van der Waals surface area contributed by atoms with Gasteiger partial charge in [0.1, 0.15) is 23.8 Å². The van der Waals surface area contributed by atoms with Crippen LogP contribution in [0.3, 0.4) is 0 Å². The van der Waals surface area contributed by atoms with Crippen molar-refractivity contribution in [3.05, 3.63) is 23.4 Å². The van der Waals surface area contributed by atoms with Crippen LogP contribution in [0.1, 0.15) is 85.2 Å². The first-order valence-corrected chi connectivity index (χ1v) is 12.6. The average Bonchev–Trinajstić information content (AvgIpc) is 3.22. The number of carbonyl (C=O) groups excluding carboxylic acids is 2. The number of hydrogen-bond donors (Lipinski definition) is 2. The number of fused-ring (bicyclic) bond motifs is 1. The number of Topliss-reactive ketones (excluding diaryl/α,β-unsaturated/α-hetero) is 1. The number of ether oxygens (including phenoxy) is 2. The van der Waals surface area contributed by atoms with Gasteiger partial charge in [-0.15, -0.1) is 0 Å². The molecule has 0 aromatic carbocycles. The molecule has 2 unspecified atom stereocenters. The third-order valence-electron chi connectivity index (χ3n) is 7.93. The molecule has 2 fully saturated rings. The van der Waals surface area contributed by atoms with Gasteiger partial charge in [-0.05, 0) is 44.3 Å². The Balaban J connectivity index is 1.85. The predicted octanol–water partition coefficient (Wildman–Crippen LogP) is 4.01. The number of oxazole rings is 1. The van der Waals surface area contributed by atoms with E-state index in [1.165, 1.54) is 0 Å². The molecule has 0 aliphatic carbocycles. The number of carbonyl (C=O) groups is 2. The van der Waals surface area contributed by atoms with Gasteiger partial charge < -0.3 is 24.1 Å². The van der Waals surface area contributed by atoms with E-state index >= 15 is 0 Å². The van der Waals surface area contributed by atoms with Crippen molar-refractivity contribution in [2.24, 2.45) is 17.3 Å². The van der Waals surface area contributed by atoms with Crippen LogP contribution in [0.15, 0.2) is 16.3 Å². The Hall–Kier alpha value is -2.03. The summed E-state index contributed by atoms with van der Waals surface area (Å²) in [5.41, 5.74) is -0.107. The largest absolute Gasteiger partial charge is 0.458 e. The second-order valence-corrected chi connectivity index (χ2v) is 11.3. The van der Waals surface area contributed by atoms with E-state index in [1.807, 2.05) is 19.9 Å². The molecule has 2 aliphatic heterocycles. The van der Waals surface area contributed by atoms with E-state index < -0.39 is 35.6 Å². The maximum atomic E-state index is 13.2. The van der Waals surface area contributed by atoms with Crippen LogP contribution >= 0.6 is 0 Å². The van der Waals surface area contributed by atoms with Crippen molar-refractivity contribution in [3.8, 4) is 0 Å². The minimum Gasteiger partial charge on any atom is -0.458 e. The molecule has 7 atom stereocenters. The van der Waals surface area contributed by atoms with E-state index in [2.05, 4.69) is 11.9 Å². The molecular formula is C27H41NO7. The van der Waals surface area contributed by atoms with E-state index in [-0.39, 0.29) is 29.8 Å². The van der Waals surface area contributed by atoms with Crippen LogP contribution in [0.5, 0.6) is 0 Å². The van der Waals surface area contributed by atoms with Gasteiger partial charge in [-0.25, -0.2) is 4.98 Å². The number of aromatic nitrogens is 1. The number of hydrogen-bond acceptors (Lipinski definition) is 8. The minimum atomic E-state index is -1.24. The van der Waals surface area contributed by atoms with Crippen LogP contribution < -0.4 is 0 Å². The van der Waals surface area contributed by atoms with Crippen LogP contribution in [0.2, 0.25) is 0 Å². The van der Waals surface area contributed by atoms with Crippen molar-refractivity contribution in [1.29, 1.82) is 0 Å². The number of ketones is 1. The summed E-state index contributed by atoms with van der Waals surface area (Å²) in [7, 11) is 0. The maximum Gasteiger partial charge on any atom is 0.309 e. The standard InChI is InChI=1S/C27H41NO7/c1-15-9-8-10-27(7)22(35-27)12-20(16(2)11-19-14-33-18(4)28-19)34-23(30)13-21(29)26(5,6)25(32)17(3)24(15)31/h11,14-15,17,20-22,24,29,31H,8-10,12-13H2,1-7H3/b16-11+/t15?,17?,20-,21-,22-,24-,27+/m0/s1. The summed E-state index contributed by atoms with van der Waals surface area (Å²) in [5.74, 6) is -1.06. The smallest absolute Gasteiger partial charge is 0.309 e. The first kappa shape index (κ1) is 27.6. The van der Waals surface area contributed by atoms with E-state index in [0.29, 0.717) is 18.0 Å². The Morgan fingerprint density at radius 3 is 2.51 bits per heavy atom. The summed E-state index contributed by atoms with van der Waals surface area (Å²) in [6.45, 7) is 12.5. The summed E-state index contributed by atoms with van der Waals surface area (Å²) in [5, 5.41) is 21.7. The molecule has 0 radical (unpaired) electrons. The number of aliphatic hydroxyl groups is 2. The Morgan fingerprint density at radius 1 is 1.20 bits per heavy atom. The van der Waals surface area contributed by atoms with E-state index in [0.717, 1.165) is 24.8 Å². The van der Waals surface area contributed by atoms with Crippen LogP contribution in [-0.2, 0) is 19.1 Å². The Morgan fingerprint density at radius 2 is 1.89 bits per heavy atom. The number of nitrogens with zero attached hydrogens (tertiary/aromatic N) is 1. The van der Waals surface area contributed by atoms with Crippen molar-refractivity contribution in [3.63, 3.8) is 0 Å². The van der Waals surface area contributed by atoms with Crippen molar-refractivity contribution >= 4 is 17.8 Å². The topological polar surface area (TPSA) is 122 Å². The summed E-state index contributed by atoms with van der Waals surface area (Å²) in [6, 6.07) is 0. The highest BCUT2D eigenvalue weighted by Gasteiger charge is 2.53. The second kappa shape index (κ2) is 10.5. The highest BCUT2D eigenvalue weighted by Crippen LogP contribution is 2.45. The molecule has 8 nitrogen and oxygen atoms in total. The number of rotatable bonds is 2. The molecule has 2 saturated heterocycles. The quantitative estimate of drug-likeness (QED) is 0.470. The van der Waals surface area contributed by atoms with Crippen molar-refractivity contribution in [2.45, 2.75) is 111 Å². The Kier molecular flexibility index (Phi) is 8.29. The van der Waals surface area contributed by atoms with Gasteiger partial charge in [0.25, 0.3) is 0 Å². The lowest BCUT2D eigenvalue weighted by Gasteiger charge is -2.34. The first-order valence-electron chi connectivity index (χ1n) is 12.6. The third-order valence-corrected chi connectivity index (χ3v) is 7.93. The van der Waals surface area contributed by atoms with Crippen LogP contribution in [0.4, 0.5) is 0 Å². The molecule has 8 heteroatoms. The molecule has 0 bridgehead atoms. The maximum absolute atomic E-state index is 13.2. The van der Waals surface area contributed by atoms with Crippen molar-refractivity contribution < 1.29 is 33.7 Å². The number of esters is 1. The highest BCUT2D eigenvalue weighted by atomic mass is 16.6. The molecule has 35 heavy (non-hydrogen) atoms. The van der Waals surface area contributed by atoms with Gasteiger partial charge in [-0.3, -0.25) is 9.59 Å². The molecule has 0 spiro atoms. The predicted molar refractivity (Wildman–Crippen MR) is 130 cm³/mol. The molecular weight excluding hydrogens is 450 g/mol. The van der Waals surface area contributed by atoms with Crippen LogP contribution in [0, 0.1) is 24.2 Å². The molecule has 3 heterocycles. The molecule has 1 aromatic rings. The van der Waals surface area contributed by atoms with E-state index in [1.54, 1.807) is 34.0 Å². The monoisotopic (exact) mass is 491 g/mol. The zero-order valence-electron chi connectivity index (χ0n) is 22.0. The fourth-order valence-electron chi connectivity index (χ4n) is 5.07. The van der Waals surface area contributed by atoms with Crippen LogP contribution in [0.25, 0.3) is 6.08 Å². The fourth-order valence-corrected chi connectivity index (χ4v) is 5.07. The molecule has 0 amide bonds. The highest BCUT2D eigenvalue weighted by molar-refractivity contribution is 5.88. The van der Waals surface area contributed by atoms with Crippen molar-refractivity contribution in [2.75, 3.05) is 0 Å². The summed E-state index contributed by atoms with van der Waals surface area (Å²) in [4.78, 5) is 30.4. The normalized spacial score (nSPS) is 37.5. The van der Waals surface area contributed by atoms with Crippen LogP contribution in [-0.4, -0.2) is 57.0 Å². The van der Waals surface area contributed by atoms with Gasteiger partial charge >= 0.3 is 5.97 Å². The van der Waals surface area contributed by atoms with E-state index in [4.69, 9.17) is 13.9 Å². The molecule has 3 rings (SSSR count). The van der Waals surface area contributed by atoms with Gasteiger partial charge in [0.15, 0.2) is 5.89 Å². The molecule has 1 aromatic heterocycles. The van der Waals surface area contributed by atoms with Gasteiger partial charge in [0.2, 0.25) is 0 Å². The first-order chi connectivity index (χ1) is 16.2. The lowest BCUT2D eigenvalue weighted by atomic mass is 9.73. The average molecular weight is 492 g/mol. The molecule has 2 aliphatic rings.